The Hall–Kier alpha value is -1.02. The highest BCUT2D eigenvalue weighted by atomic mass is 31.2. The van der Waals surface area contributed by atoms with Crippen LogP contribution >= 0.6 is 7.82 Å². The predicted octanol–water partition coefficient (Wildman–Crippen LogP) is 9.94. The Morgan fingerprint density at radius 1 is 0.694 bits per heavy atom. The number of unbranched alkanes of at least 4 members (excludes halogenated alkanes) is 21. The van der Waals surface area contributed by atoms with E-state index < -0.39 is 26.6 Å². The summed E-state index contributed by atoms with van der Waals surface area (Å²) in [5, 5.41) is 13.4. The molecular weight excluding hydrogens is 635 g/mol. The van der Waals surface area contributed by atoms with E-state index in [4.69, 9.17) is 9.05 Å². The molecule has 0 bridgehead atoms. The van der Waals surface area contributed by atoms with E-state index in [1.165, 1.54) is 122 Å². The average Bonchev–Trinajstić information content (AvgIpc) is 3.04. The van der Waals surface area contributed by atoms with E-state index in [2.05, 4.69) is 24.4 Å². The van der Waals surface area contributed by atoms with Crippen molar-refractivity contribution in [2.75, 3.05) is 40.9 Å². The molecule has 3 atom stereocenters. The number of nitrogens with one attached hydrogen (secondary N) is 1. The molecule has 49 heavy (non-hydrogen) atoms. The van der Waals surface area contributed by atoms with Crippen molar-refractivity contribution in [2.45, 2.75) is 187 Å². The predicted molar refractivity (Wildman–Crippen MR) is 205 cm³/mol. The minimum atomic E-state index is -4.56. The molecule has 0 spiro atoms. The van der Waals surface area contributed by atoms with Gasteiger partial charge in [-0.15, -0.1) is 0 Å². The van der Waals surface area contributed by atoms with Crippen molar-refractivity contribution < 1.29 is 32.9 Å². The summed E-state index contributed by atoms with van der Waals surface area (Å²) >= 11 is 0. The molecule has 0 radical (unpaired) electrons. The molecule has 290 valence electrons. The van der Waals surface area contributed by atoms with Gasteiger partial charge in [-0.3, -0.25) is 9.36 Å². The lowest BCUT2D eigenvalue weighted by Crippen LogP contribution is -2.45. The van der Waals surface area contributed by atoms with Gasteiger partial charge in [0, 0.05) is 6.42 Å². The first-order valence-electron chi connectivity index (χ1n) is 20.2. The van der Waals surface area contributed by atoms with Crippen LogP contribution in [-0.2, 0) is 18.4 Å². The fraction of sp³-hybridized carbons (Fsp3) is 0.875. The van der Waals surface area contributed by atoms with Gasteiger partial charge in [0.1, 0.15) is 13.2 Å². The van der Waals surface area contributed by atoms with Gasteiger partial charge in [-0.25, -0.2) is 0 Å². The van der Waals surface area contributed by atoms with Crippen LogP contribution in [0.2, 0.25) is 0 Å². The lowest BCUT2D eigenvalue weighted by Gasteiger charge is -2.29. The maximum atomic E-state index is 12.3. The number of phosphoric acid groups is 1. The third kappa shape index (κ3) is 35.2. The van der Waals surface area contributed by atoms with E-state index in [1.807, 2.05) is 34.1 Å². The molecule has 8 nitrogen and oxygen atoms in total. The maximum absolute atomic E-state index is 12.3. The van der Waals surface area contributed by atoms with Gasteiger partial charge >= 0.3 is 0 Å². The third-order valence-electron chi connectivity index (χ3n) is 8.91. The lowest BCUT2D eigenvalue weighted by molar-refractivity contribution is -0.870. The second-order valence-corrected chi connectivity index (χ2v) is 16.4. The van der Waals surface area contributed by atoms with E-state index in [-0.39, 0.29) is 12.5 Å². The molecule has 0 fully saturated rings. The summed E-state index contributed by atoms with van der Waals surface area (Å²) in [5.74, 6) is -0.243. The van der Waals surface area contributed by atoms with Gasteiger partial charge in [0.2, 0.25) is 5.91 Å². The number of hydrogen-bond acceptors (Lipinski definition) is 6. The SMILES string of the molecule is CCCCCCCCCCCCCCCCCCCCC/C=C/CC/C=C/C(O)C(COP(=O)([O-])OCC[N+](C)(C)C)NC(=O)CCCC. The second kappa shape index (κ2) is 32.9. The standard InChI is InChI=1S/C40H79N2O6P/c1-6-8-10-11-12-13-14-15-16-17-18-19-20-21-22-23-24-25-26-27-28-29-30-31-32-33-39(43)38(41-40(44)34-9-7-2)37-48-49(45,46)47-36-35-42(3,4)5/h28-29,32-33,38-39,43H,6-27,30-31,34-37H2,1-5H3,(H-,41,44,45,46)/b29-28+,33-32+. The number of amides is 1. The maximum Gasteiger partial charge on any atom is 0.268 e. The largest absolute Gasteiger partial charge is 0.756 e. The number of carbonyl (C=O) groups is 1. The Labute approximate surface area is 303 Å². The summed E-state index contributed by atoms with van der Waals surface area (Å²) in [6, 6.07) is -0.894. The van der Waals surface area contributed by atoms with Crippen LogP contribution in [0.5, 0.6) is 0 Å². The molecule has 0 saturated heterocycles. The fourth-order valence-corrected chi connectivity index (χ4v) is 6.34. The van der Waals surface area contributed by atoms with Crippen LogP contribution in [0.4, 0.5) is 0 Å². The first-order valence-corrected chi connectivity index (χ1v) is 21.7. The normalized spacial score (nSPS) is 14.8. The molecule has 0 aliphatic carbocycles. The summed E-state index contributed by atoms with van der Waals surface area (Å²) in [5.41, 5.74) is 0. The van der Waals surface area contributed by atoms with Crippen molar-refractivity contribution >= 4 is 13.7 Å². The number of aliphatic hydroxyl groups excluding tert-OH is 1. The van der Waals surface area contributed by atoms with Crippen molar-refractivity contribution in [3.05, 3.63) is 24.3 Å². The molecule has 0 aliphatic heterocycles. The number of aliphatic hydroxyl groups is 1. The number of nitrogens with zero attached hydrogens (tertiary/aromatic N) is 1. The molecule has 1 amide bonds. The summed E-state index contributed by atoms with van der Waals surface area (Å²) in [7, 11) is 1.24. The molecule has 0 aromatic rings. The summed E-state index contributed by atoms with van der Waals surface area (Å²) in [6.45, 7) is 4.37. The van der Waals surface area contributed by atoms with Gasteiger partial charge in [0.15, 0.2) is 0 Å². The highest BCUT2D eigenvalue weighted by Gasteiger charge is 2.23. The smallest absolute Gasteiger partial charge is 0.268 e. The first kappa shape index (κ1) is 48.0. The van der Waals surface area contributed by atoms with E-state index >= 15 is 0 Å². The molecule has 0 aromatic carbocycles. The van der Waals surface area contributed by atoms with Crippen molar-refractivity contribution in [3.8, 4) is 0 Å². The van der Waals surface area contributed by atoms with Crippen LogP contribution in [0.3, 0.4) is 0 Å². The number of hydrogen-bond donors (Lipinski definition) is 2. The molecule has 2 N–H and O–H groups in total. The Morgan fingerprint density at radius 3 is 1.63 bits per heavy atom. The second-order valence-electron chi connectivity index (χ2n) is 15.0. The van der Waals surface area contributed by atoms with Crippen LogP contribution in [0.15, 0.2) is 24.3 Å². The van der Waals surface area contributed by atoms with Crippen molar-refractivity contribution in [2.24, 2.45) is 0 Å². The van der Waals surface area contributed by atoms with Crippen LogP contribution in [0.25, 0.3) is 0 Å². The number of likely N-dealkylation sites (N-methyl/N-ethyl adjacent to an activating group) is 1. The van der Waals surface area contributed by atoms with Gasteiger partial charge < -0.3 is 28.8 Å². The average molecular weight is 715 g/mol. The lowest BCUT2D eigenvalue weighted by atomic mass is 10.0. The molecule has 9 heteroatoms. The van der Waals surface area contributed by atoms with Crippen LogP contribution in [0.1, 0.15) is 174 Å². The molecule has 0 saturated carbocycles. The summed E-state index contributed by atoms with van der Waals surface area (Å²) in [4.78, 5) is 24.6. The number of quaternary nitrogens is 1. The monoisotopic (exact) mass is 715 g/mol. The highest BCUT2D eigenvalue weighted by Crippen LogP contribution is 2.38. The van der Waals surface area contributed by atoms with E-state index in [1.54, 1.807) is 6.08 Å². The summed E-state index contributed by atoms with van der Waals surface area (Å²) < 4.78 is 22.8. The number of allylic oxidation sites excluding steroid dienone is 3. The topological polar surface area (TPSA) is 108 Å². The number of rotatable bonds is 36. The van der Waals surface area contributed by atoms with E-state index in [0.29, 0.717) is 23.9 Å². The quantitative estimate of drug-likeness (QED) is 0.0290. The number of phosphoric ester groups is 1. The summed E-state index contributed by atoms with van der Waals surface area (Å²) in [6.07, 6.45) is 37.9. The van der Waals surface area contributed by atoms with Crippen LogP contribution in [-0.4, -0.2) is 68.5 Å². The van der Waals surface area contributed by atoms with Gasteiger partial charge in [-0.1, -0.05) is 160 Å². The van der Waals surface area contributed by atoms with Gasteiger partial charge in [0.05, 0.1) is 39.9 Å². The molecule has 0 rings (SSSR count). The zero-order valence-electron chi connectivity index (χ0n) is 32.6. The fourth-order valence-electron chi connectivity index (χ4n) is 5.62. The molecule has 0 aromatic heterocycles. The van der Waals surface area contributed by atoms with Crippen molar-refractivity contribution in [3.63, 3.8) is 0 Å². The Balaban J connectivity index is 4.00. The number of carbonyl (C=O) groups excluding carboxylic acids is 1. The highest BCUT2D eigenvalue weighted by molar-refractivity contribution is 7.45. The van der Waals surface area contributed by atoms with Crippen molar-refractivity contribution in [1.82, 2.24) is 5.32 Å². The van der Waals surface area contributed by atoms with Crippen LogP contribution in [0, 0.1) is 0 Å². The molecule has 0 heterocycles. The third-order valence-corrected chi connectivity index (χ3v) is 9.88. The van der Waals surface area contributed by atoms with Gasteiger partial charge in [0.25, 0.3) is 7.82 Å². The van der Waals surface area contributed by atoms with Gasteiger partial charge in [-0.05, 0) is 32.1 Å². The minimum Gasteiger partial charge on any atom is -0.756 e. The van der Waals surface area contributed by atoms with E-state index in [0.717, 1.165) is 25.7 Å². The molecule has 3 unspecified atom stereocenters. The van der Waals surface area contributed by atoms with E-state index in [9.17, 15) is 19.4 Å². The molecular formula is C40H79N2O6P. The van der Waals surface area contributed by atoms with Crippen molar-refractivity contribution in [1.29, 1.82) is 0 Å². The van der Waals surface area contributed by atoms with Gasteiger partial charge in [-0.2, -0.15) is 0 Å². The Kier molecular flexibility index (Phi) is 32.2. The first-order chi connectivity index (χ1) is 23.5. The Bertz CT molecular complexity index is 860. The Morgan fingerprint density at radius 2 is 1.14 bits per heavy atom. The molecule has 0 aliphatic rings. The minimum absolute atomic E-state index is 0.00661. The van der Waals surface area contributed by atoms with Crippen LogP contribution < -0.4 is 10.2 Å². The zero-order valence-corrected chi connectivity index (χ0v) is 33.5. The zero-order chi connectivity index (χ0) is 36.5.